The van der Waals surface area contributed by atoms with Gasteiger partial charge in [-0.2, -0.15) is 0 Å². The smallest absolute Gasteiger partial charge is 0.309 e. The molecule has 0 aliphatic carbocycles. The molecule has 11 heteroatoms. The van der Waals surface area contributed by atoms with Crippen molar-refractivity contribution in [2.45, 2.75) is 23.4 Å². The molecule has 1 fully saturated rings. The van der Waals surface area contributed by atoms with Gasteiger partial charge in [0.1, 0.15) is 0 Å². The van der Waals surface area contributed by atoms with Gasteiger partial charge in [-0.25, -0.2) is 4.98 Å². The van der Waals surface area contributed by atoms with E-state index < -0.39 is 5.97 Å². The van der Waals surface area contributed by atoms with Crippen molar-refractivity contribution in [3.05, 3.63) is 44.9 Å². The van der Waals surface area contributed by atoms with E-state index in [4.69, 9.17) is 33.0 Å². The highest BCUT2D eigenvalue weighted by atomic mass is 35.5. The van der Waals surface area contributed by atoms with E-state index in [1.165, 1.54) is 23.1 Å². The summed E-state index contributed by atoms with van der Waals surface area (Å²) >= 11 is 14.8. The first kappa shape index (κ1) is 23.3. The number of benzene rings is 1. The molecule has 2 heterocycles. The monoisotopic (exact) mass is 489 g/mol. The van der Waals surface area contributed by atoms with Crippen LogP contribution in [0.5, 0.6) is 0 Å². The Hall–Kier alpha value is -1.36. The minimum Gasteiger partial charge on any atom is -0.481 e. The zero-order chi connectivity index (χ0) is 21.5. The molecule has 2 N–H and O–H groups in total. The number of ether oxygens (including phenoxy) is 1. The lowest BCUT2D eigenvalue weighted by molar-refractivity contribution is -0.136. The highest BCUT2D eigenvalue weighted by Crippen LogP contribution is 2.23. The molecule has 0 radical (unpaired) electrons. The number of carboxylic acid groups (broad SMARTS) is 1. The summed E-state index contributed by atoms with van der Waals surface area (Å²) in [6, 6.07) is 5.51. The van der Waals surface area contributed by atoms with Crippen molar-refractivity contribution in [2.24, 2.45) is 0 Å². The molecule has 2 aromatic rings. The molecular formula is C19H21Cl2N3O4S2. The van der Waals surface area contributed by atoms with E-state index in [9.17, 15) is 9.59 Å². The largest absolute Gasteiger partial charge is 0.481 e. The molecule has 1 amide bonds. The van der Waals surface area contributed by atoms with Crippen LogP contribution < -0.4 is 5.32 Å². The summed E-state index contributed by atoms with van der Waals surface area (Å²) in [4.78, 5) is 29.3. The number of hydrogen-bond donors (Lipinski definition) is 2. The van der Waals surface area contributed by atoms with Gasteiger partial charge in [0.2, 0.25) is 5.91 Å². The molecule has 1 aliphatic rings. The summed E-state index contributed by atoms with van der Waals surface area (Å²) in [6.45, 7) is 3.23. The van der Waals surface area contributed by atoms with Crippen molar-refractivity contribution < 1.29 is 19.4 Å². The number of hydrogen-bond acceptors (Lipinski definition) is 7. The third kappa shape index (κ3) is 7.72. The van der Waals surface area contributed by atoms with Crippen LogP contribution in [-0.4, -0.2) is 65.0 Å². The molecule has 162 valence electrons. The van der Waals surface area contributed by atoms with Crippen molar-refractivity contribution in [1.29, 1.82) is 0 Å². The Balaban J connectivity index is 1.40. The Bertz CT molecular complexity index is 876. The Labute approximate surface area is 192 Å². The van der Waals surface area contributed by atoms with Crippen molar-refractivity contribution in [3.8, 4) is 0 Å². The summed E-state index contributed by atoms with van der Waals surface area (Å²) in [6.07, 6.45) is -0.204. The number of aromatic nitrogens is 1. The molecule has 0 saturated carbocycles. The van der Waals surface area contributed by atoms with E-state index in [0.29, 0.717) is 46.3 Å². The van der Waals surface area contributed by atoms with Gasteiger partial charge >= 0.3 is 5.97 Å². The third-order valence-corrected chi connectivity index (χ3v) is 6.77. The molecular weight excluding hydrogens is 469 g/mol. The van der Waals surface area contributed by atoms with E-state index in [1.54, 1.807) is 11.4 Å². The highest BCUT2D eigenvalue weighted by Gasteiger charge is 2.21. The molecule has 0 spiro atoms. The van der Waals surface area contributed by atoms with E-state index in [0.717, 1.165) is 12.1 Å². The van der Waals surface area contributed by atoms with Crippen LogP contribution in [0.1, 0.15) is 11.3 Å². The maximum atomic E-state index is 12.1. The van der Waals surface area contributed by atoms with E-state index in [-0.39, 0.29) is 24.2 Å². The average molecular weight is 490 g/mol. The first-order valence-corrected chi connectivity index (χ1v) is 11.8. The topological polar surface area (TPSA) is 91.8 Å². The number of carbonyl (C=O) groups is 2. The van der Waals surface area contributed by atoms with Gasteiger partial charge < -0.3 is 15.2 Å². The lowest BCUT2D eigenvalue weighted by Gasteiger charge is -2.33. The summed E-state index contributed by atoms with van der Waals surface area (Å²) in [5.41, 5.74) is 1.55. The van der Waals surface area contributed by atoms with Gasteiger partial charge in [-0.05, 0) is 23.8 Å². The summed E-state index contributed by atoms with van der Waals surface area (Å²) in [5.74, 6) is -0.816. The number of aliphatic carboxylic acids is 1. The molecule has 1 aliphatic heterocycles. The van der Waals surface area contributed by atoms with E-state index in [1.807, 2.05) is 12.1 Å². The standard InChI is InChI=1S/C19H21Cl2N3O4S2/c20-13-3-12(4-14(21)5-13)8-24-1-2-28-16(9-24)7-22-17(25)11-30-19-23-15(10-29-19)6-18(26)27/h3-5,10,16H,1-2,6-9,11H2,(H,22,25)(H,26,27). The van der Waals surface area contributed by atoms with Gasteiger partial charge in [0.05, 0.1) is 30.6 Å². The fourth-order valence-electron chi connectivity index (χ4n) is 3.00. The number of rotatable bonds is 9. The highest BCUT2D eigenvalue weighted by molar-refractivity contribution is 8.01. The van der Waals surface area contributed by atoms with Crippen molar-refractivity contribution in [2.75, 3.05) is 32.0 Å². The van der Waals surface area contributed by atoms with Gasteiger partial charge in [-0.15, -0.1) is 11.3 Å². The number of carbonyl (C=O) groups excluding carboxylic acids is 1. The van der Waals surface area contributed by atoms with Crippen molar-refractivity contribution in [1.82, 2.24) is 15.2 Å². The average Bonchev–Trinajstić information content (AvgIpc) is 3.11. The molecule has 3 rings (SSSR count). The van der Waals surface area contributed by atoms with Gasteiger partial charge in [0.15, 0.2) is 4.34 Å². The molecule has 7 nitrogen and oxygen atoms in total. The Morgan fingerprint density at radius 3 is 2.83 bits per heavy atom. The Morgan fingerprint density at radius 1 is 1.33 bits per heavy atom. The maximum absolute atomic E-state index is 12.1. The SMILES string of the molecule is O=C(O)Cc1csc(SCC(=O)NCC2CN(Cc3cc(Cl)cc(Cl)c3)CCO2)n1. The second-order valence-corrected chi connectivity index (χ2v) is 9.73. The fraction of sp³-hybridized carbons (Fsp3) is 0.421. The van der Waals surface area contributed by atoms with Crippen molar-refractivity contribution in [3.63, 3.8) is 0 Å². The van der Waals surface area contributed by atoms with Crippen LogP contribution in [0.3, 0.4) is 0 Å². The van der Waals surface area contributed by atoms with Crippen LogP contribution in [-0.2, 0) is 27.3 Å². The van der Waals surface area contributed by atoms with Crippen LogP contribution in [0, 0.1) is 0 Å². The number of nitrogens with one attached hydrogen (secondary N) is 1. The normalized spacial score (nSPS) is 17.1. The van der Waals surface area contributed by atoms with Crippen LogP contribution in [0.15, 0.2) is 27.9 Å². The molecule has 1 unspecified atom stereocenters. The second-order valence-electron chi connectivity index (χ2n) is 6.77. The first-order chi connectivity index (χ1) is 14.4. The number of nitrogens with zero attached hydrogens (tertiary/aromatic N) is 2. The molecule has 1 atom stereocenters. The predicted molar refractivity (Wildman–Crippen MR) is 119 cm³/mol. The number of thiazole rings is 1. The molecule has 1 saturated heterocycles. The maximum Gasteiger partial charge on any atom is 0.309 e. The van der Waals surface area contributed by atoms with Crippen molar-refractivity contribution >= 4 is 58.2 Å². The Morgan fingerprint density at radius 2 is 2.10 bits per heavy atom. The Kier molecular flexibility index (Phi) is 8.79. The van der Waals surface area contributed by atoms with E-state index in [2.05, 4.69) is 15.2 Å². The third-order valence-electron chi connectivity index (χ3n) is 4.27. The summed E-state index contributed by atoms with van der Waals surface area (Å²) in [7, 11) is 0. The molecule has 0 bridgehead atoms. The fourth-order valence-corrected chi connectivity index (χ4v) is 5.25. The van der Waals surface area contributed by atoms with E-state index >= 15 is 0 Å². The molecule has 1 aromatic carbocycles. The molecule has 1 aromatic heterocycles. The minimum atomic E-state index is -0.922. The van der Waals surface area contributed by atoms with Crippen LogP contribution >= 0.6 is 46.3 Å². The number of halogens is 2. The van der Waals surface area contributed by atoms with Crippen LogP contribution in [0.25, 0.3) is 0 Å². The minimum absolute atomic E-state index is 0.0932. The van der Waals surface area contributed by atoms with Gasteiger partial charge in [-0.1, -0.05) is 35.0 Å². The summed E-state index contributed by atoms with van der Waals surface area (Å²) < 4.78 is 6.45. The lowest BCUT2D eigenvalue weighted by atomic mass is 10.2. The number of morpholine rings is 1. The lowest BCUT2D eigenvalue weighted by Crippen LogP contribution is -2.47. The van der Waals surface area contributed by atoms with Gasteiger partial charge in [-0.3, -0.25) is 14.5 Å². The van der Waals surface area contributed by atoms with Gasteiger partial charge in [0, 0.05) is 41.6 Å². The van der Waals surface area contributed by atoms with Crippen LogP contribution in [0.4, 0.5) is 0 Å². The number of carboxylic acids is 1. The number of thioether (sulfide) groups is 1. The predicted octanol–water partition coefficient (Wildman–Crippen LogP) is 3.19. The number of amides is 1. The summed E-state index contributed by atoms with van der Waals surface area (Å²) in [5, 5.41) is 14.6. The second kappa shape index (κ2) is 11.3. The quantitative estimate of drug-likeness (QED) is 0.522. The zero-order valence-corrected chi connectivity index (χ0v) is 19.1. The zero-order valence-electron chi connectivity index (χ0n) is 16.0. The van der Waals surface area contributed by atoms with Gasteiger partial charge in [0.25, 0.3) is 0 Å². The first-order valence-electron chi connectivity index (χ1n) is 9.22. The van der Waals surface area contributed by atoms with Crippen LogP contribution in [0.2, 0.25) is 10.0 Å². The molecule has 30 heavy (non-hydrogen) atoms.